The summed E-state index contributed by atoms with van der Waals surface area (Å²) in [6, 6.07) is 6.44. The van der Waals surface area contributed by atoms with E-state index in [1.54, 1.807) is 0 Å². The normalized spacial score (nSPS) is 10.8. The first-order valence-electron chi connectivity index (χ1n) is 5.62. The molecule has 0 amide bonds. The zero-order chi connectivity index (χ0) is 12.3. The van der Waals surface area contributed by atoms with Crippen molar-refractivity contribution in [3.63, 3.8) is 0 Å². The molecule has 0 spiro atoms. The van der Waals surface area contributed by atoms with E-state index in [0.717, 1.165) is 5.82 Å². The van der Waals surface area contributed by atoms with Gasteiger partial charge in [-0.3, -0.25) is 0 Å². The van der Waals surface area contributed by atoms with Gasteiger partial charge in [0.15, 0.2) is 5.82 Å². The van der Waals surface area contributed by atoms with E-state index < -0.39 is 0 Å². The first kappa shape index (κ1) is 12.1. The minimum atomic E-state index is 0.505. The van der Waals surface area contributed by atoms with Crippen molar-refractivity contribution in [2.45, 2.75) is 26.7 Å². The van der Waals surface area contributed by atoms with Crippen LogP contribution < -0.4 is 0 Å². The lowest BCUT2D eigenvalue weighted by molar-refractivity contribution is 0.378. The Kier molecular flexibility index (Phi) is 3.79. The van der Waals surface area contributed by atoms with Crippen LogP contribution in [0.2, 0.25) is 0 Å². The monoisotopic (exact) mass is 250 g/mol. The fourth-order valence-electron chi connectivity index (χ4n) is 1.90. The third-order valence-electron chi connectivity index (χ3n) is 2.46. The van der Waals surface area contributed by atoms with Gasteiger partial charge in [-0.15, -0.1) is 11.6 Å². The predicted molar refractivity (Wildman–Crippen MR) is 67.4 cm³/mol. The molecule has 4 heteroatoms. The van der Waals surface area contributed by atoms with E-state index in [1.165, 1.54) is 16.7 Å². The molecule has 1 aromatic heterocycles. The van der Waals surface area contributed by atoms with Crippen LogP contribution in [0.1, 0.15) is 28.4 Å². The Morgan fingerprint density at radius 2 is 1.88 bits per heavy atom. The van der Waals surface area contributed by atoms with Crippen LogP contribution in [0, 0.1) is 13.8 Å². The number of hydrogen-bond acceptors (Lipinski definition) is 3. The van der Waals surface area contributed by atoms with E-state index in [2.05, 4.69) is 42.2 Å². The number of aryl methyl sites for hydroxylation is 3. The van der Waals surface area contributed by atoms with Gasteiger partial charge in [-0.1, -0.05) is 34.5 Å². The van der Waals surface area contributed by atoms with Gasteiger partial charge in [0, 0.05) is 18.7 Å². The van der Waals surface area contributed by atoms with Crippen LogP contribution in [0.25, 0.3) is 0 Å². The molecule has 17 heavy (non-hydrogen) atoms. The van der Waals surface area contributed by atoms with Crippen molar-refractivity contribution >= 4 is 11.6 Å². The second-order valence-corrected chi connectivity index (χ2v) is 4.59. The van der Waals surface area contributed by atoms with E-state index in [0.29, 0.717) is 24.6 Å². The summed E-state index contributed by atoms with van der Waals surface area (Å²) in [4.78, 5) is 4.29. The predicted octanol–water partition coefficient (Wildman–Crippen LogP) is 3.06. The summed E-state index contributed by atoms with van der Waals surface area (Å²) in [5.74, 6) is 1.83. The molecule has 0 N–H and O–H groups in total. The lowest BCUT2D eigenvalue weighted by Crippen LogP contribution is -1.93. The van der Waals surface area contributed by atoms with Gasteiger partial charge in [0.1, 0.15) is 0 Å². The third-order valence-corrected chi connectivity index (χ3v) is 2.65. The molecule has 1 heterocycles. The maximum Gasteiger partial charge on any atom is 0.227 e. The van der Waals surface area contributed by atoms with Crippen LogP contribution in [0.4, 0.5) is 0 Å². The first-order valence-corrected chi connectivity index (χ1v) is 6.15. The zero-order valence-electron chi connectivity index (χ0n) is 10.0. The summed E-state index contributed by atoms with van der Waals surface area (Å²) >= 11 is 5.62. The second-order valence-electron chi connectivity index (χ2n) is 4.22. The first-order chi connectivity index (χ1) is 8.17. The Bertz CT molecular complexity index is 488. The average molecular weight is 251 g/mol. The molecule has 0 saturated heterocycles. The standard InChI is InChI=1S/C13H15ClN2O/c1-9-5-10(2)7-11(6-9)8-12-15-13(3-4-14)17-16-12/h5-7H,3-4,8H2,1-2H3. The van der Waals surface area contributed by atoms with Gasteiger partial charge in [0.25, 0.3) is 0 Å². The van der Waals surface area contributed by atoms with Crippen LogP contribution in [-0.4, -0.2) is 16.0 Å². The Hall–Kier alpha value is -1.35. The summed E-state index contributed by atoms with van der Waals surface area (Å²) in [7, 11) is 0. The average Bonchev–Trinajstić information content (AvgIpc) is 2.64. The molecule has 3 nitrogen and oxygen atoms in total. The summed E-state index contributed by atoms with van der Waals surface area (Å²) in [6.45, 7) is 4.18. The number of halogens is 1. The van der Waals surface area contributed by atoms with Crippen LogP contribution >= 0.6 is 11.6 Å². The second kappa shape index (κ2) is 5.32. The van der Waals surface area contributed by atoms with Crippen molar-refractivity contribution in [2.24, 2.45) is 0 Å². The molecule has 1 aromatic carbocycles. The van der Waals surface area contributed by atoms with Gasteiger partial charge in [0.05, 0.1) is 0 Å². The molecule has 0 radical (unpaired) electrons. The van der Waals surface area contributed by atoms with E-state index in [4.69, 9.17) is 16.1 Å². The minimum absolute atomic E-state index is 0.505. The molecule has 0 aliphatic carbocycles. The quantitative estimate of drug-likeness (QED) is 0.783. The highest BCUT2D eigenvalue weighted by molar-refractivity contribution is 6.17. The molecule has 90 valence electrons. The maximum atomic E-state index is 5.62. The van der Waals surface area contributed by atoms with Crippen molar-refractivity contribution in [2.75, 3.05) is 5.88 Å². The van der Waals surface area contributed by atoms with Crippen molar-refractivity contribution in [1.29, 1.82) is 0 Å². The number of alkyl halides is 1. The topological polar surface area (TPSA) is 38.9 Å². The van der Waals surface area contributed by atoms with Gasteiger partial charge in [-0.25, -0.2) is 0 Å². The largest absolute Gasteiger partial charge is 0.339 e. The molecular weight excluding hydrogens is 236 g/mol. The highest BCUT2D eigenvalue weighted by Crippen LogP contribution is 2.12. The lowest BCUT2D eigenvalue weighted by atomic mass is 10.1. The maximum absolute atomic E-state index is 5.62. The van der Waals surface area contributed by atoms with Gasteiger partial charge < -0.3 is 4.52 Å². The van der Waals surface area contributed by atoms with Crippen molar-refractivity contribution in [3.05, 3.63) is 46.6 Å². The highest BCUT2D eigenvalue weighted by Gasteiger charge is 2.07. The molecule has 0 fully saturated rings. The zero-order valence-corrected chi connectivity index (χ0v) is 10.8. The minimum Gasteiger partial charge on any atom is -0.339 e. The number of hydrogen-bond donors (Lipinski definition) is 0. The van der Waals surface area contributed by atoms with Crippen LogP contribution in [-0.2, 0) is 12.8 Å². The lowest BCUT2D eigenvalue weighted by Gasteiger charge is -2.01. The molecule has 0 aliphatic heterocycles. The highest BCUT2D eigenvalue weighted by atomic mass is 35.5. The van der Waals surface area contributed by atoms with Gasteiger partial charge in [-0.05, 0) is 19.4 Å². The van der Waals surface area contributed by atoms with Crippen LogP contribution in [0.3, 0.4) is 0 Å². The fraction of sp³-hybridized carbons (Fsp3) is 0.385. The number of rotatable bonds is 4. The van der Waals surface area contributed by atoms with E-state index in [1.807, 2.05) is 0 Å². The third kappa shape index (κ3) is 3.30. The number of nitrogens with zero attached hydrogens (tertiary/aromatic N) is 2. The Morgan fingerprint density at radius 3 is 2.53 bits per heavy atom. The molecule has 0 bridgehead atoms. The van der Waals surface area contributed by atoms with Gasteiger partial charge in [-0.2, -0.15) is 4.98 Å². The van der Waals surface area contributed by atoms with E-state index >= 15 is 0 Å². The SMILES string of the molecule is Cc1cc(C)cc(Cc2noc(CCCl)n2)c1. The van der Waals surface area contributed by atoms with Crippen molar-refractivity contribution in [3.8, 4) is 0 Å². The Balaban J connectivity index is 2.13. The van der Waals surface area contributed by atoms with Crippen molar-refractivity contribution in [1.82, 2.24) is 10.1 Å². The molecule has 2 rings (SSSR count). The van der Waals surface area contributed by atoms with E-state index in [-0.39, 0.29) is 0 Å². The number of aromatic nitrogens is 2. The molecule has 0 saturated carbocycles. The number of benzene rings is 1. The van der Waals surface area contributed by atoms with Gasteiger partial charge in [0.2, 0.25) is 5.89 Å². The van der Waals surface area contributed by atoms with Crippen LogP contribution in [0.15, 0.2) is 22.7 Å². The summed E-state index contributed by atoms with van der Waals surface area (Å²) < 4.78 is 5.09. The molecule has 0 unspecified atom stereocenters. The summed E-state index contributed by atoms with van der Waals surface area (Å²) in [6.07, 6.45) is 1.33. The van der Waals surface area contributed by atoms with E-state index in [9.17, 15) is 0 Å². The molecule has 2 aromatic rings. The summed E-state index contributed by atoms with van der Waals surface area (Å²) in [5, 5.41) is 3.94. The Labute approximate surface area is 106 Å². The molecule has 0 atom stereocenters. The van der Waals surface area contributed by atoms with Gasteiger partial charge >= 0.3 is 0 Å². The molecular formula is C13H15ClN2O. The van der Waals surface area contributed by atoms with Crippen molar-refractivity contribution < 1.29 is 4.52 Å². The summed E-state index contributed by atoms with van der Waals surface area (Å²) in [5.41, 5.74) is 3.72. The fourth-order valence-corrected chi connectivity index (χ4v) is 2.06. The van der Waals surface area contributed by atoms with Crippen LogP contribution in [0.5, 0.6) is 0 Å². The molecule has 0 aliphatic rings. The smallest absolute Gasteiger partial charge is 0.227 e. The Morgan fingerprint density at radius 1 is 1.18 bits per heavy atom.